The van der Waals surface area contributed by atoms with Crippen molar-refractivity contribution in [3.63, 3.8) is 0 Å². The van der Waals surface area contributed by atoms with E-state index in [1.165, 1.54) is 0 Å². The summed E-state index contributed by atoms with van der Waals surface area (Å²) in [7, 11) is 0. The fourth-order valence-electron chi connectivity index (χ4n) is 5.70. The number of hydrogen-bond donors (Lipinski definition) is 0. The number of anilines is 1. The van der Waals surface area contributed by atoms with Crippen LogP contribution < -0.4 is 4.90 Å². The third-order valence-electron chi connectivity index (χ3n) is 7.80. The van der Waals surface area contributed by atoms with E-state index in [2.05, 4.69) is 46.4 Å². The maximum absolute atomic E-state index is 14.1. The van der Waals surface area contributed by atoms with Crippen LogP contribution in [-0.4, -0.2) is 37.3 Å². The average molecular weight is 630 g/mol. The van der Waals surface area contributed by atoms with Gasteiger partial charge in [0.05, 0.1) is 12.7 Å². The molecule has 6 rings (SSSR count). The summed E-state index contributed by atoms with van der Waals surface area (Å²) in [5.41, 5.74) is 4.34. The number of aryl methyl sites for hydroxylation is 1. The molecule has 0 aliphatic carbocycles. The molecular weight excluding hydrogens is 595 g/mol. The molecule has 0 radical (unpaired) electrons. The van der Waals surface area contributed by atoms with E-state index >= 15 is 0 Å². The molecule has 10 heteroatoms. The highest BCUT2D eigenvalue weighted by Crippen LogP contribution is 2.35. The van der Waals surface area contributed by atoms with Crippen LogP contribution in [0.4, 0.5) is 5.88 Å². The Hall–Kier alpha value is -4.14. The first-order valence-corrected chi connectivity index (χ1v) is 15.7. The van der Waals surface area contributed by atoms with Crippen molar-refractivity contribution in [2.24, 2.45) is 0 Å². The summed E-state index contributed by atoms with van der Waals surface area (Å²) in [6.07, 6.45) is 4.76. The Labute approximate surface area is 267 Å². The van der Waals surface area contributed by atoms with Gasteiger partial charge in [-0.2, -0.15) is 0 Å². The van der Waals surface area contributed by atoms with Crippen LogP contribution >= 0.6 is 23.2 Å². The predicted molar refractivity (Wildman–Crippen MR) is 172 cm³/mol. The third-order valence-corrected chi connectivity index (χ3v) is 8.24. The molecule has 1 amide bonds. The Morgan fingerprint density at radius 3 is 2.32 bits per heavy atom. The zero-order valence-corrected chi connectivity index (χ0v) is 26.1. The third kappa shape index (κ3) is 6.98. The molecule has 0 spiro atoms. The maximum atomic E-state index is 14.1. The van der Waals surface area contributed by atoms with Crippen molar-refractivity contribution in [3.8, 4) is 0 Å². The number of hydrogen-bond acceptors (Lipinski definition) is 6. The molecule has 2 aromatic heterocycles. The van der Waals surface area contributed by atoms with Crippen molar-refractivity contribution in [3.05, 3.63) is 129 Å². The quantitative estimate of drug-likeness (QED) is 0.191. The van der Waals surface area contributed by atoms with Crippen LogP contribution in [0.25, 0.3) is 0 Å². The summed E-state index contributed by atoms with van der Waals surface area (Å²) in [4.78, 5) is 23.3. The largest absolute Gasteiger partial charge is 0.423 e. The van der Waals surface area contributed by atoms with E-state index in [0.717, 1.165) is 35.4 Å². The summed E-state index contributed by atoms with van der Waals surface area (Å²) in [6, 6.07) is 25.1. The number of fused-ring (bicyclic) bond motifs is 4. The Balaban J connectivity index is 1.46. The summed E-state index contributed by atoms with van der Waals surface area (Å²) in [6.45, 7) is 4.34. The zero-order valence-electron chi connectivity index (χ0n) is 24.6. The van der Waals surface area contributed by atoms with E-state index in [4.69, 9.17) is 32.6 Å². The lowest BCUT2D eigenvalue weighted by atomic mass is 10.1. The van der Waals surface area contributed by atoms with Gasteiger partial charge in [-0.05, 0) is 48.6 Å². The van der Waals surface area contributed by atoms with E-state index in [1.54, 1.807) is 18.2 Å². The highest BCUT2D eigenvalue weighted by atomic mass is 35.5. The molecule has 0 saturated heterocycles. The lowest BCUT2D eigenvalue weighted by molar-refractivity contribution is 0.0635. The van der Waals surface area contributed by atoms with Crippen LogP contribution in [0.1, 0.15) is 71.0 Å². The van der Waals surface area contributed by atoms with Gasteiger partial charge in [0.25, 0.3) is 5.91 Å². The molecule has 44 heavy (non-hydrogen) atoms. The molecule has 4 bridgehead atoms. The first-order chi connectivity index (χ1) is 21.5. The summed E-state index contributed by atoms with van der Waals surface area (Å²) in [5.74, 6) is 1.01. The van der Waals surface area contributed by atoms with Gasteiger partial charge in [0.1, 0.15) is 17.4 Å². The minimum atomic E-state index is -0.393. The van der Waals surface area contributed by atoms with Crippen LogP contribution in [0.5, 0.6) is 0 Å². The van der Waals surface area contributed by atoms with Gasteiger partial charge >= 0.3 is 0 Å². The Bertz CT molecular complexity index is 1690. The van der Waals surface area contributed by atoms with E-state index in [0.29, 0.717) is 66.4 Å². The van der Waals surface area contributed by atoms with Crippen molar-refractivity contribution in [2.75, 3.05) is 11.4 Å². The number of carbonyl (C=O) groups excluding carboxylic acids is 1. The number of oxazole rings is 1. The van der Waals surface area contributed by atoms with Crippen molar-refractivity contribution >= 4 is 35.0 Å². The molecule has 0 N–H and O–H groups in total. The number of rotatable bonds is 6. The second kappa shape index (κ2) is 13.7. The normalized spacial score (nSPS) is 15.7. The molecule has 1 atom stereocenters. The number of benzene rings is 3. The minimum Gasteiger partial charge on any atom is -0.423 e. The molecule has 3 heterocycles. The molecule has 0 fully saturated rings. The lowest BCUT2D eigenvalue weighted by Crippen LogP contribution is -2.36. The first kappa shape index (κ1) is 29.9. The molecule has 0 saturated carbocycles. The van der Waals surface area contributed by atoms with Crippen LogP contribution in [0.3, 0.4) is 0 Å². The number of carbonyl (C=O) groups is 1. The minimum absolute atomic E-state index is 0.165. The predicted octanol–water partition coefficient (Wildman–Crippen LogP) is 7.76. The summed E-state index contributed by atoms with van der Waals surface area (Å²) < 4.78 is 8.62. The van der Waals surface area contributed by atoms with Gasteiger partial charge in [-0.3, -0.25) is 9.48 Å². The van der Waals surface area contributed by atoms with Gasteiger partial charge in [-0.1, -0.05) is 96.0 Å². The first-order valence-electron chi connectivity index (χ1n) is 15.0. The number of aromatic nitrogens is 4. The van der Waals surface area contributed by atoms with Crippen LogP contribution in [0.2, 0.25) is 10.0 Å². The number of amides is 1. The van der Waals surface area contributed by atoms with Crippen molar-refractivity contribution in [1.29, 1.82) is 0 Å². The van der Waals surface area contributed by atoms with Crippen molar-refractivity contribution in [2.45, 2.75) is 58.3 Å². The monoisotopic (exact) mass is 628 g/mol. The molecule has 226 valence electrons. The van der Waals surface area contributed by atoms with Crippen molar-refractivity contribution in [1.82, 2.24) is 24.9 Å². The van der Waals surface area contributed by atoms with Gasteiger partial charge in [0.15, 0.2) is 0 Å². The van der Waals surface area contributed by atoms with E-state index in [-0.39, 0.29) is 5.91 Å². The molecule has 5 aromatic rings. The van der Waals surface area contributed by atoms with Crippen LogP contribution in [0, 0.1) is 0 Å². The number of nitrogens with zero attached hydrogens (tertiary/aromatic N) is 6. The SMILES string of the molecule is CCC1c2nc(Cc3ccccc3)c(o2)N(Cc2ccccc2)Cc2cn(nn2)CCCCN1C(=O)c1cc(Cl)cc(Cl)c1. The Morgan fingerprint density at radius 2 is 1.61 bits per heavy atom. The molecule has 8 nitrogen and oxygen atoms in total. The standard InChI is InChI=1S/C34H34Cl2N6O2/c1-2-31-32-37-30(17-24-11-5-3-6-12-24)34(44-32)40(21-25-13-7-4-8-14-25)22-29-23-41(39-38-29)15-9-10-16-42(31)33(43)26-18-27(35)20-28(36)19-26/h3-8,11-14,18-20,23,31H,2,9-10,15-17,21-22H2,1H3. The second-order valence-corrected chi connectivity index (χ2v) is 11.9. The zero-order chi connectivity index (χ0) is 30.5. The molecular formula is C34H34Cl2N6O2. The second-order valence-electron chi connectivity index (χ2n) is 11.1. The summed E-state index contributed by atoms with van der Waals surface area (Å²) >= 11 is 12.6. The van der Waals surface area contributed by atoms with E-state index < -0.39 is 6.04 Å². The lowest BCUT2D eigenvalue weighted by Gasteiger charge is -2.30. The molecule has 1 aliphatic heterocycles. The molecule has 3 aromatic carbocycles. The van der Waals surface area contributed by atoms with Gasteiger partial charge in [-0.25, -0.2) is 4.98 Å². The van der Waals surface area contributed by atoms with Gasteiger partial charge in [0.2, 0.25) is 11.8 Å². The smallest absolute Gasteiger partial charge is 0.254 e. The Morgan fingerprint density at radius 1 is 0.932 bits per heavy atom. The maximum Gasteiger partial charge on any atom is 0.254 e. The average Bonchev–Trinajstić information content (AvgIpc) is 3.65. The fourth-order valence-corrected chi connectivity index (χ4v) is 6.23. The Kier molecular flexibility index (Phi) is 9.28. The topological polar surface area (TPSA) is 80.3 Å². The summed E-state index contributed by atoms with van der Waals surface area (Å²) in [5, 5.41) is 9.71. The van der Waals surface area contributed by atoms with Gasteiger partial charge < -0.3 is 14.2 Å². The van der Waals surface area contributed by atoms with Gasteiger partial charge in [-0.15, -0.1) is 5.10 Å². The van der Waals surface area contributed by atoms with E-state index in [1.807, 2.05) is 52.2 Å². The fraction of sp³-hybridized carbons (Fsp3) is 0.294. The number of halogens is 2. The molecule has 1 unspecified atom stereocenters. The van der Waals surface area contributed by atoms with Crippen LogP contribution in [-0.2, 0) is 26.1 Å². The molecule has 1 aliphatic rings. The highest BCUT2D eigenvalue weighted by Gasteiger charge is 2.32. The highest BCUT2D eigenvalue weighted by molar-refractivity contribution is 6.35. The van der Waals surface area contributed by atoms with Crippen molar-refractivity contribution < 1.29 is 9.21 Å². The van der Waals surface area contributed by atoms with Gasteiger partial charge in [0, 0.05) is 41.7 Å². The van der Waals surface area contributed by atoms with E-state index in [9.17, 15) is 4.79 Å². The van der Waals surface area contributed by atoms with Crippen LogP contribution in [0.15, 0.2) is 89.5 Å².